The van der Waals surface area contributed by atoms with Gasteiger partial charge in [-0.2, -0.15) is 0 Å². The molecular formula is C29H28F2N6O2. The van der Waals surface area contributed by atoms with Crippen LogP contribution in [-0.4, -0.2) is 37.2 Å². The van der Waals surface area contributed by atoms with Crippen molar-refractivity contribution in [1.29, 1.82) is 0 Å². The maximum atomic E-state index is 13.6. The van der Waals surface area contributed by atoms with Gasteiger partial charge in [0.15, 0.2) is 5.82 Å². The van der Waals surface area contributed by atoms with Gasteiger partial charge in [0.2, 0.25) is 0 Å². The standard InChI is InChI=1S/C29H28F2N6O2/c1-3-27(28-33-34-35-37(28)17-20-6-11-24(31)12-7-20)36(16-19-4-9-23(30)10-5-19)18-22-14-21-8-13-25(39-2)15-26(21)32-29(22)38/h4-15,27H,3,16-18H2,1-2H3,(H,32,38)/t27-/m0/s1. The van der Waals surface area contributed by atoms with Crippen LogP contribution in [0.3, 0.4) is 0 Å². The number of aromatic nitrogens is 5. The van der Waals surface area contributed by atoms with E-state index in [1.165, 1.54) is 24.3 Å². The first-order chi connectivity index (χ1) is 18.9. The van der Waals surface area contributed by atoms with E-state index in [4.69, 9.17) is 4.74 Å². The van der Waals surface area contributed by atoms with Gasteiger partial charge in [-0.25, -0.2) is 13.5 Å². The van der Waals surface area contributed by atoms with Crippen molar-refractivity contribution in [1.82, 2.24) is 30.1 Å². The lowest BCUT2D eigenvalue weighted by molar-refractivity contribution is 0.161. The quantitative estimate of drug-likeness (QED) is 0.273. The van der Waals surface area contributed by atoms with Crippen molar-refractivity contribution in [2.24, 2.45) is 0 Å². The Morgan fingerprint density at radius 1 is 0.949 bits per heavy atom. The lowest BCUT2D eigenvalue weighted by Gasteiger charge is -2.30. The third-order valence-corrected chi connectivity index (χ3v) is 6.73. The molecule has 5 aromatic rings. The van der Waals surface area contributed by atoms with E-state index in [1.54, 1.807) is 42.1 Å². The third kappa shape index (κ3) is 6.01. The Hall–Kier alpha value is -4.44. The molecule has 2 heterocycles. The van der Waals surface area contributed by atoms with Crippen LogP contribution in [0, 0.1) is 11.6 Å². The first-order valence-corrected chi connectivity index (χ1v) is 12.6. The number of pyridine rings is 1. The molecule has 2 aromatic heterocycles. The van der Waals surface area contributed by atoms with Gasteiger partial charge in [0.1, 0.15) is 17.4 Å². The number of halogens is 2. The number of ether oxygens (including phenoxy) is 1. The zero-order chi connectivity index (χ0) is 27.4. The molecule has 0 saturated heterocycles. The van der Waals surface area contributed by atoms with Gasteiger partial charge in [-0.3, -0.25) is 9.69 Å². The van der Waals surface area contributed by atoms with Crippen LogP contribution in [0.15, 0.2) is 77.6 Å². The summed E-state index contributed by atoms with van der Waals surface area (Å²) in [6.45, 7) is 3.12. The fourth-order valence-corrected chi connectivity index (χ4v) is 4.72. The third-order valence-electron chi connectivity index (χ3n) is 6.73. The summed E-state index contributed by atoms with van der Waals surface area (Å²) < 4.78 is 34.0. The van der Waals surface area contributed by atoms with E-state index in [-0.39, 0.29) is 23.2 Å². The first-order valence-electron chi connectivity index (χ1n) is 12.6. The van der Waals surface area contributed by atoms with Crippen molar-refractivity contribution in [3.63, 3.8) is 0 Å². The highest BCUT2D eigenvalue weighted by atomic mass is 19.1. The van der Waals surface area contributed by atoms with Gasteiger partial charge in [-0.05, 0) is 75.8 Å². The molecular weight excluding hydrogens is 502 g/mol. The van der Waals surface area contributed by atoms with Crippen molar-refractivity contribution >= 4 is 10.9 Å². The van der Waals surface area contributed by atoms with Crippen LogP contribution in [0.5, 0.6) is 5.75 Å². The molecule has 10 heteroatoms. The van der Waals surface area contributed by atoms with E-state index in [9.17, 15) is 13.6 Å². The highest BCUT2D eigenvalue weighted by Crippen LogP contribution is 2.27. The minimum Gasteiger partial charge on any atom is -0.497 e. The molecule has 0 fully saturated rings. The molecule has 0 saturated carbocycles. The molecule has 5 rings (SSSR count). The second kappa shape index (κ2) is 11.5. The van der Waals surface area contributed by atoms with Crippen LogP contribution in [0.4, 0.5) is 8.78 Å². The monoisotopic (exact) mass is 530 g/mol. The normalized spacial score (nSPS) is 12.2. The summed E-state index contributed by atoms with van der Waals surface area (Å²) in [6.07, 6.45) is 0.646. The molecule has 0 aliphatic heterocycles. The topological polar surface area (TPSA) is 88.9 Å². The number of rotatable bonds is 10. The molecule has 0 spiro atoms. The van der Waals surface area contributed by atoms with Gasteiger partial charge in [-0.1, -0.05) is 31.2 Å². The number of nitrogens with zero attached hydrogens (tertiary/aromatic N) is 5. The van der Waals surface area contributed by atoms with E-state index in [0.29, 0.717) is 48.7 Å². The molecule has 0 radical (unpaired) electrons. The Morgan fingerprint density at radius 2 is 1.64 bits per heavy atom. The summed E-state index contributed by atoms with van der Waals surface area (Å²) in [5.41, 5.74) is 2.79. The average Bonchev–Trinajstić information content (AvgIpc) is 3.39. The van der Waals surface area contributed by atoms with Crippen LogP contribution in [0.1, 0.15) is 41.9 Å². The number of benzene rings is 3. The zero-order valence-electron chi connectivity index (χ0n) is 21.6. The smallest absolute Gasteiger partial charge is 0.252 e. The molecule has 1 N–H and O–H groups in total. The Bertz CT molecular complexity index is 1620. The van der Waals surface area contributed by atoms with Gasteiger partial charge in [0, 0.05) is 24.7 Å². The largest absolute Gasteiger partial charge is 0.497 e. The summed E-state index contributed by atoms with van der Waals surface area (Å²) in [5, 5.41) is 13.3. The second-order valence-electron chi connectivity index (χ2n) is 9.35. The summed E-state index contributed by atoms with van der Waals surface area (Å²) in [5.74, 6) is 0.641. The summed E-state index contributed by atoms with van der Waals surface area (Å²) in [6, 6.07) is 19.6. The molecule has 1 atom stereocenters. The van der Waals surface area contributed by atoms with Crippen LogP contribution in [0.2, 0.25) is 0 Å². The Balaban J connectivity index is 1.51. The highest BCUT2D eigenvalue weighted by molar-refractivity contribution is 5.80. The molecule has 0 bridgehead atoms. The fourth-order valence-electron chi connectivity index (χ4n) is 4.72. The minimum atomic E-state index is -0.318. The van der Waals surface area contributed by atoms with E-state index in [0.717, 1.165) is 16.5 Å². The molecule has 200 valence electrons. The summed E-state index contributed by atoms with van der Waals surface area (Å²) >= 11 is 0. The van der Waals surface area contributed by atoms with E-state index in [1.807, 2.05) is 25.1 Å². The van der Waals surface area contributed by atoms with Crippen LogP contribution in [-0.2, 0) is 19.6 Å². The number of tetrazole rings is 1. The van der Waals surface area contributed by atoms with Gasteiger partial charge in [0.25, 0.3) is 5.56 Å². The zero-order valence-corrected chi connectivity index (χ0v) is 21.6. The summed E-state index contributed by atoms with van der Waals surface area (Å²) in [7, 11) is 1.58. The van der Waals surface area contributed by atoms with Crippen molar-refractivity contribution in [2.45, 2.75) is 39.0 Å². The van der Waals surface area contributed by atoms with E-state index in [2.05, 4.69) is 25.4 Å². The number of aromatic amines is 1. The number of hydrogen-bond donors (Lipinski definition) is 1. The highest BCUT2D eigenvalue weighted by Gasteiger charge is 2.26. The number of methoxy groups -OCH3 is 1. The van der Waals surface area contributed by atoms with Crippen molar-refractivity contribution < 1.29 is 13.5 Å². The number of H-pyrrole nitrogens is 1. The van der Waals surface area contributed by atoms with Crippen molar-refractivity contribution in [3.8, 4) is 5.75 Å². The minimum absolute atomic E-state index is 0.208. The van der Waals surface area contributed by atoms with Crippen LogP contribution >= 0.6 is 0 Å². The lowest BCUT2D eigenvalue weighted by Crippen LogP contribution is -2.32. The van der Waals surface area contributed by atoms with Crippen molar-refractivity contribution in [2.75, 3.05) is 7.11 Å². The van der Waals surface area contributed by atoms with Crippen LogP contribution < -0.4 is 10.3 Å². The first kappa shape index (κ1) is 26.2. The second-order valence-corrected chi connectivity index (χ2v) is 9.35. The fraction of sp³-hybridized carbons (Fsp3) is 0.241. The van der Waals surface area contributed by atoms with Crippen LogP contribution in [0.25, 0.3) is 10.9 Å². The molecule has 0 aliphatic rings. The Morgan fingerprint density at radius 3 is 2.31 bits per heavy atom. The molecule has 0 amide bonds. The maximum Gasteiger partial charge on any atom is 0.252 e. The van der Waals surface area contributed by atoms with E-state index < -0.39 is 0 Å². The Kier molecular flexibility index (Phi) is 7.74. The number of nitrogens with one attached hydrogen (secondary N) is 1. The number of fused-ring (bicyclic) bond motifs is 1. The van der Waals surface area contributed by atoms with Gasteiger partial charge in [0.05, 0.1) is 25.2 Å². The summed E-state index contributed by atoms with van der Waals surface area (Å²) in [4.78, 5) is 18.2. The predicted octanol–water partition coefficient (Wildman–Crippen LogP) is 5.00. The average molecular weight is 531 g/mol. The number of hydrogen-bond acceptors (Lipinski definition) is 6. The molecule has 3 aromatic carbocycles. The molecule has 8 nitrogen and oxygen atoms in total. The molecule has 39 heavy (non-hydrogen) atoms. The van der Waals surface area contributed by atoms with Gasteiger partial charge in [-0.15, -0.1) is 5.10 Å². The maximum absolute atomic E-state index is 13.6. The van der Waals surface area contributed by atoms with E-state index >= 15 is 0 Å². The molecule has 0 unspecified atom stereocenters. The van der Waals surface area contributed by atoms with Gasteiger partial charge >= 0.3 is 0 Å². The predicted molar refractivity (Wildman–Crippen MR) is 143 cm³/mol. The lowest BCUT2D eigenvalue weighted by atomic mass is 10.1. The SMILES string of the molecule is CC[C@@H](c1nnnn1Cc1ccc(F)cc1)N(Cc1ccc(F)cc1)Cc1cc2ccc(OC)cc2[nH]c1=O. The molecule has 0 aliphatic carbocycles. The van der Waals surface area contributed by atoms with Gasteiger partial charge < -0.3 is 9.72 Å². The van der Waals surface area contributed by atoms with Crippen molar-refractivity contribution in [3.05, 3.63) is 117 Å². The Labute approximate surface area is 223 Å².